The van der Waals surface area contributed by atoms with E-state index in [1.807, 2.05) is 13.0 Å². The lowest BCUT2D eigenvalue weighted by Crippen LogP contribution is -2.29. The molecule has 7 heteroatoms. The van der Waals surface area contributed by atoms with E-state index >= 15 is 0 Å². The van der Waals surface area contributed by atoms with Gasteiger partial charge in [0.1, 0.15) is 17.3 Å². The molecule has 33 heavy (non-hydrogen) atoms. The van der Waals surface area contributed by atoms with E-state index in [0.29, 0.717) is 29.2 Å². The lowest BCUT2D eigenvalue weighted by molar-refractivity contribution is -0.140. The highest BCUT2D eigenvalue weighted by molar-refractivity contribution is 6.46. The minimum Gasteiger partial charge on any atom is -0.507 e. The van der Waals surface area contributed by atoms with Gasteiger partial charge in [0, 0.05) is 24.5 Å². The first kappa shape index (κ1) is 22.1. The molecule has 7 nitrogen and oxygen atoms in total. The number of aromatic nitrogens is 1. The normalized spacial score (nSPS) is 17.3. The van der Waals surface area contributed by atoms with Gasteiger partial charge in [0.15, 0.2) is 0 Å². The molecule has 0 bridgehead atoms. The number of methoxy groups -OCH3 is 1. The van der Waals surface area contributed by atoms with E-state index in [-0.39, 0.29) is 17.9 Å². The van der Waals surface area contributed by atoms with Crippen LogP contribution in [0.4, 0.5) is 0 Å². The van der Waals surface area contributed by atoms with Crippen molar-refractivity contribution in [1.82, 2.24) is 9.88 Å². The number of benzene rings is 2. The maximum atomic E-state index is 13.2. The number of Topliss-reactive ketones (excluding diaryl/α,β-unsaturated/α-hetero) is 1. The molecule has 1 atom stereocenters. The van der Waals surface area contributed by atoms with Gasteiger partial charge in [-0.2, -0.15) is 0 Å². The molecule has 1 aliphatic heterocycles. The van der Waals surface area contributed by atoms with E-state index in [0.717, 1.165) is 5.56 Å². The Bertz CT molecular complexity index is 1210. The summed E-state index contributed by atoms with van der Waals surface area (Å²) in [6.07, 6.45) is 3.26. The molecule has 1 fully saturated rings. The number of carbonyl (C=O) groups excluding carboxylic acids is 2. The summed E-state index contributed by atoms with van der Waals surface area (Å²) in [5.74, 6) is -0.524. The molecule has 3 aromatic rings. The molecule has 0 spiro atoms. The van der Waals surface area contributed by atoms with E-state index in [2.05, 4.69) is 4.98 Å². The Morgan fingerprint density at radius 3 is 2.48 bits per heavy atom. The topological polar surface area (TPSA) is 89.0 Å². The second kappa shape index (κ2) is 9.56. The summed E-state index contributed by atoms with van der Waals surface area (Å²) in [6, 6.07) is 16.7. The van der Waals surface area contributed by atoms with Gasteiger partial charge in [-0.15, -0.1) is 0 Å². The fraction of sp³-hybridized carbons (Fsp3) is 0.192. The van der Waals surface area contributed by atoms with Crippen LogP contribution >= 0.6 is 0 Å². The molecule has 1 saturated heterocycles. The van der Waals surface area contributed by atoms with Crippen LogP contribution in [0.15, 0.2) is 78.6 Å². The smallest absolute Gasteiger partial charge is 0.295 e. The highest BCUT2D eigenvalue weighted by Crippen LogP contribution is 2.41. The SMILES string of the molecule is CCOc1cccc(C(O)=C2C(=O)C(=O)N(Cc3ccncc3)C2c2cccc(OC)c2)c1. The van der Waals surface area contributed by atoms with E-state index in [1.165, 1.54) is 4.90 Å². The third-order valence-corrected chi connectivity index (χ3v) is 5.47. The van der Waals surface area contributed by atoms with Crippen LogP contribution in [-0.4, -0.2) is 40.4 Å². The number of rotatable bonds is 7. The summed E-state index contributed by atoms with van der Waals surface area (Å²) in [6.45, 7) is 2.51. The van der Waals surface area contributed by atoms with Crippen molar-refractivity contribution in [3.8, 4) is 11.5 Å². The third-order valence-electron chi connectivity index (χ3n) is 5.47. The number of ether oxygens (including phenoxy) is 2. The van der Waals surface area contributed by atoms with Gasteiger partial charge in [0.2, 0.25) is 0 Å². The number of likely N-dealkylation sites (tertiary alicyclic amines) is 1. The molecule has 0 aliphatic carbocycles. The summed E-state index contributed by atoms with van der Waals surface area (Å²) >= 11 is 0. The van der Waals surface area contributed by atoms with E-state index in [4.69, 9.17) is 9.47 Å². The highest BCUT2D eigenvalue weighted by Gasteiger charge is 2.46. The predicted molar refractivity (Wildman–Crippen MR) is 123 cm³/mol. The number of amides is 1. The fourth-order valence-corrected chi connectivity index (χ4v) is 3.94. The molecule has 0 radical (unpaired) electrons. The number of aliphatic hydroxyl groups is 1. The van der Waals surface area contributed by atoms with E-state index in [1.54, 1.807) is 74.1 Å². The number of hydrogen-bond donors (Lipinski definition) is 1. The first-order chi connectivity index (χ1) is 16.0. The summed E-state index contributed by atoms with van der Waals surface area (Å²) in [4.78, 5) is 31.8. The molecule has 1 amide bonds. The van der Waals surface area contributed by atoms with Crippen LogP contribution < -0.4 is 9.47 Å². The van der Waals surface area contributed by atoms with Gasteiger partial charge in [-0.05, 0) is 54.4 Å². The van der Waals surface area contributed by atoms with Crippen LogP contribution in [0.3, 0.4) is 0 Å². The minimum absolute atomic E-state index is 0.0240. The second-order valence-corrected chi connectivity index (χ2v) is 7.52. The Kier molecular flexibility index (Phi) is 6.40. The van der Waals surface area contributed by atoms with Crippen molar-refractivity contribution in [3.63, 3.8) is 0 Å². The van der Waals surface area contributed by atoms with E-state index < -0.39 is 17.7 Å². The Hall–Kier alpha value is -4.13. The molecule has 2 aromatic carbocycles. The molecule has 168 valence electrons. The Balaban J connectivity index is 1.86. The average molecular weight is 444 g/mol. The number of nitrogens with zero attached hydrogens (tertiary/aromatic N) is 2. The fourth-order valence-electron chi connectivity index (χ4n) is 3.94. The standard InChI is InChI=1S/C26H24N2O5/c1-3-33-21-9-5-7-19(15-21)24(29)22-23(18-6-4-8-20(14-18)32-2)28(26(31)25(22)30)16-17-10-12-27-13-11-17/h4-15,23,29H,3,16H2,1-2H3. The zero-order chi connectivity index (χ0) is 23.4. The molecule has 1 aromatic heterocycles. The Labute approximate surface area is 191 Å². The largest absolute Gasteiger partial charge is 0.507 e. The molecule has 1 aliphatic rings. The maximum Gasteiger partial charge on any atom is 0.295 e. The molecular weight excluding hydrogens is 420 g/mol. The van der Waals surface area contributed by atoms with Gasteiger partial charge >= 0.3 is 0 Å². The molecule has 1 N–H and O–H groups in total. The summed E-state index contributed by atoms with van der Waals surface area (Å²) in [7, 11) is 1.55. The lowest BCUT2D eigenvalue weighted by Gasteiger charge is -2.25. The number of ketones is 1. The van der Waals surface area contributed by atoms with Crippen molar-refractivity contribution in [2.45, 2.75) is 19.5 Å². The minimum atomic E-state index is -0.788. The predicted octanol–water partition coefficient (Wildman–Crippen LogP) is 4.11. The van der Waals surface area contributed by atoms with Crippen molar-refractivity contribution >= 4 is 17.4 Å². The van der Waals surface area contributed by atoms with Gasteiger partial charge < -0.3 is 19.5 Å². The highest BCUT2D eigenvalue weighted by atomic mass is 16.5. The molecular formula is C26H24N2O5. The van der Waals surface area contributed by atoms with Gasteiger partial charge in [-0.3, -0.25) is 14.6 Å². The average Bonchev–Trinajstić information content (AvgIpc) is 3.09. The van der Waals surface area contributed by atoms with Crippen LogP contribution in [0.5, 0.6) is 11.5 Å². The van der Waals surface area contributed by atoms with Gasteiger partial charge in [0.05, 0.1) is 25.3 Å². The quantitative estimate of drug-likeness (QED) is 0.335. The Morgan fingerprint density at radius 2 is 1.76 bits per heavy atom. The zero-order valence-corrected chi connectivity index (χ0v) is 18.4. The van der Waals surface area contributed by atoms with Crippen molar-refractivity contribution in [1.29, 1.82) is 0 Å². The first-order valence-corrected chi connectivity index (χ1v) is 10.6. The van der Waals surface area contributed by atoms with Crippen molar-refractivity contribution in [2.24, 2.45) is 0 Å². The zero-order valence-electron chi connectivity index (χ0n) is 18.4. The summed E-state index contributed by atoms with van der Waals surface area (Å²) in [5.41, 5.74) is 1.90. The number of hydrogen-bond acceptors (Lipinski definition) is 6. The lowest BCUT2D eigenvalue weighted by atomic mass is 9.95. The molecule has 2 heterocycles. The van der Waals surface area contributed by atoms with Crippen LogP contribution in [0.25, 0.3) is 5.76 Å². The number of pyridine rings is 1. The van der Waals surface area contributed by atoms with Crippen LogP contribution in [-0.2, 0) is 16.1 Å². The van der Waals surface area contributed by atoms with E-state index in [9.17, 15) is 14.7 Å². The Morgan fingerprint density at radius 1 is 1.03 bits per heavy atom. The monoisotopic (exact) mass is 444 g/mol. The number of aliphatic hydroxyl groups excluding tert-OH is 1. The third kappa shape index (κ3) is 4.43. The van der Waals surface area contributed by atoms with Crippen molar-refractivity contribution in [2.75, 3.05) is 13.7 Å². The molecule has 0 saturated carbocycles. The van der Waals surface area contributed by atoms with Gasteiger partial charge in [-0.25, -0.2) is 0 Å². The van der Waals surface area contributed by atoms with Crippen LogP contribution in [0.2, 0.25) is 0 Å². The van der Waals surface area contributed by atoms with Gasteiger partial charge in [0.25, 0.3) is 11.7 Å². The summed E-state index contributed by atoms with van der Waals surface area (Å²) in [5, 5.41) is 11.2. The van der Waals surface area contributed by atoms with Crippen molar-refractivity contribution < 1.29 is 24.2 Å². The molecule has 1 unspecified atom stereocenters. The van der Waals surface area contributed by atoms with Crippen LogP contribution in [0.1, 0.15) is 29.7 Å². The number of carbonyl (C=O) groups is 2. The second-order valence-electron chi connectivity index (χ2n) is 7.52. The first-order valence-electron chi connectivity index (χ1n) is 10.6. The molecule has 4 rings (SSSR count). The van der Waals surface area contributed by atoms with Gasteiger partial charge in [-0.1, -0.05) is 24.3 Å². The summed E-state index contributed by atoms with van der Waals surface area (Å²) < 4.78 is 10.9. The maximum absolute atomic E-state index is 13.2. The van der Waals surface area contributed by atoms with Crippen molar-refractivity contribution in [3.05, 3.63) is 95.3 Å². The van der Waals surface area contributed by atoms with Crippen LogP contribution in [0, 0.1) is 0 Å².